The summed E-state index contributed by atoms with van der Waals surface area (Å²) in [4.78, 5) is 25.2. The first-order valence-electron chi connectivity index (χ1n) is 7.86. The van der Waals surface area contributed by atoms with E-state index in [2.05, 4.69) is 20.8 Å². The van der Waals surface area contributed by atoms with Crippen LogP contribution in [0.3, 0.4) is 0 Å². The Morgan fingerprint density at radius 3 is 3.00 bits per heavy atom. The Morgan fingerprint density at radius 2 is 2.28 bits per heavy atom. The van der Waals surface area contributed by atoms with Gasteiger partial charge in [-0.1, -0.05) is 23.1 Å². The SMILES string of the molecule is CN(CC(=O)NC1CC1)C(=O)CSc1nnc(NCc2ccco2)s1. The third kappa shape index (κ3) is 5.75. The van der Waals surface area contributed by atoms with Gasteiger partial charge in [0.05, 0.1) is 25.1 Å². The first-order valence-corrected chi connectivity index (χ1v) is 9.66. The molecule has 3 rings (SSSR count). The lowest BCUT2D eigenvalue weighted by Gasteiger charge is -2.16. The largest absolute Gasteiger partial charge is 0.467 e. The molecular formula is C15H19N5O3S2. The third-order valence-corrected chi connectivity index (χ3v) is 5.47. The summed E-state index contributed by atoms with van der Waals surface area (Å²) in [7, 11) is 1.63. The van der Waals surface area contributed by atoms with Gasteiger partial charge >= 0.3 is 0 Å². The van der Waals surface area contributed by atoms with Gasteiger partial charge in [0.1, 0.15) is 5.76 Å². The van der Waals surface area contributed by atoms with Crippen molar-refractivity contribution >= 4 is 40.0 Å². The molecule has 10 heteroatoms. The number of carbonyl (C=O) groups excluding carboxylic acids is 2. The second-order valence-electron chi connectivity index (χ2n) is 5.69. The smallest absolute Gasteiger partial charge is 0.239 e. The van der Waals surface area contributed by atoms with Crippen LogP contribution in [0.4, 0.5) is 5.13 Å². The highest BCUT2D eigenvalue weighted by Gasteiger charge is 2.24. The lowest BCUT2D eigenvalue weighted by atomic mass is 10.4. The summed E-state index contributed by atoms with van der Waals surface area (Å²) < 4.78 is 5.93. The molecule has 2 heterocycles. The molecule has 1 aliphatic carbocycles. The van der Waals surface area contributed by atoms with Crippen LogP contribution in [0.5, 0.6) is 0 Å². The number of aromatic nitrogens is 2. The Balaban J connectivity index is 1.38. The van der Waals surface area contributed by atoms with E-state index in [1.54, 1.807) is 13.3 Å². The van der Waals surface area contributed by atoms with Crippen molar-refractivity contribution in [3.8, 4) is 0 Å². The number of amides is 2. The van der Waals surface area contributed by atoms with Crippen molar-refractivity contribution in [2.45, 2.75) is 29.8 Å². The standard InChI is InChI=1S/C15H19N5O3S2/c1-20(8-12(21)17-10-4-5-10)13(22)9-24-15-19-18-14(25-15)16-7-11-3-2-6-23-11/h2-3,6,10H,4-5,7-9H2,1H3,(H,16,18)(H,17,21). The number of nitrogens with zero attached hydrogens (tertiary/aromatic N) is 3. The molecule has 0 atom stereocenters. The summed E-state index contributed by atoms with van der Waals surface area (Å²) >= 11 is 2.69. The molecule has 134 valence electrons. The van der Waals surface area contributed by atoms with Gasteiger partial charge in [-0.25, -0.2) is 0 Å². The molecule has 2 N–H and O–H groups in total. The van der Waals surface area contributed by atoms with E-state index in [0.717, 1.165) is 18.6 Å². The van der Waals surface area contributed by atoms with Crippen molar-refractivity contribution < 1.29 is 14.0 Å². The molecule has 0 spiro atoms. The Labute approximate surface area is 153 Å². The van der Waals surface area contributed by atoms with E-state index in [1.165, 1.54) is 28.0 Å². The molecule has 1 saturated carbocycles. The van der Waals surface area contributed by atoms with Crippen LogP contribution in [0, 0.1) is 0 Å². The summed E-state index contributed by atoms with van der Waals surface area (Å²) in [5.41, 5.74) is 0. The fourth-order valence-electron chi connectivity index (χ4n) is 1.95. The summed E-state index contributed by atoms with van der Waals surface area (Å²) in [6, 6.07) is 4.00. The topological polar surface area (TPSA) is 100 Å². The molecule has 1 aliphatic rings. The molecule has 0 aromatic carbocycles. The predicted molar refractivity (Wildman–Crippen MR) is 95.5 cm³/mol. The molecule has 0 radical (unpaired) electrons. The summed E-state index contributed by atoms with van der Waals surface area (Å²) in [6.45, 7) is 0.617. The minimum absolute atomic E-state index is 0.0853. The molecule has 0 unspecified atom stereocenters. The van der Waals surface area contributed by atoms with Crippen molar-refractivity contribution in [2.75, 3.05) is 24.7 Å². The number of hydrogen-bond acceptors (Lipinski definition) is 8. The summed E-state index contributed by atoms with van der Waals surface area (Å²) in [5.74, 6) is 0.811. The lowest BCUT2D eigenvalue weighted by molar-refractivity contribution is -0.132. The van der Waals surface area contributed by atoms with Crippen LogP contribution < -0.4 is 10.6 Å². The fraction of sp³-hybridized carbons (Fsp3) is 0.467. The van der Waals surface area contributed by atoms with Gasteiger partial charge in [0.25, 0.3) is 0 Å². The molecule has 25 heavy (non-hydrogen) atoms. The first-order chi connectivity index (χ1) is 12.1. The zero-order chi connectivity index (χ0) is 17.6. The van der Waals surface area contributed by atoms with E-state index < -0.39 is 0 Å². The Hall–Kier alpha value is -2.07. The number of likely N-dealkylation sites (N-methyl/N-ethyl adjacent to an activating group) is 1. The van der Waals surface area contributed by atoms with Crippen molar-refractivity contribution in [3.63, 3.8) is 0 Å². The maximum Gasteiger partial charge on any atom is 0.239 e. The second kappa shape index (κ2) is 8.34. The monoisotopic (exact) mass is 381 g/mol. The number of carbonyl (C=O) groups is 2. The number of anilines is 1. The Kier molecular flexibility index (Phi) is 5.92. The van der Waals surface area contributed by atoms with Gasteiger partial charge in [0.2, 0.25) is 16.9 Å². The van der Waals surface area contributed by atoms with Crippen molar-refractivity contribution in [1.29, 1.82) is 0 Å². The molecule has 0 aliphatic heterocycles. The van der Waals surface area contributed by atoms with E-state index >= 15 is 0 Å². The Morgan fingerprint density at radius 1 is 1.44 bits per heavy atom. The highest BCUT2D eigenvalue weighted by Crippen LogP contribution is 2.26. The average molecular weight is 381 g/mol. The van der Waals surface area contributed by atoms with Gasteiger partial charge in [-0.05, 0) is 25.0 Å². The molecule has 2 amide bonds. The van der Waals surface area contributed by atoms with Crippen molar-refractivity contribution in [2.24, 2.45) is 0 Å². The maximum absolute atomic E-state index is 12.1. The quantitative estimate of drug-likeness (QED) is 0.636. The highest BCUT2D eigenvalue weighted by molar-refractivity contribution is 8.01. The minimum atomic E-state index is -0.115. The van der Waals surface area contributed by atoms with Gasteiger partial charge in [-0.15, -0.1) is 10.2 Å². The molecule has 0 bridgehead atoms. The van der Waals surface area contributed by atoms with Crippen LogP contribution in [0.15, 0.2) is 27.2 Å². The molecular weight excluding hydrogens is 362 g/mol. The van der Waals surface area contributed by atoms with Crippen LogP contribution in [-0.4, -0.2) is 52.3 Å². The maximum atomic E-state index is 12.1. The van der Waals surface area contributed by atoms with Crippen molar-refractivity contribution in [3.05, 3.63) is 24.2 Å². The van der Waals surface area contributed by atoms with E-state index in [9.17, 15) is 9.59 Å². The minimum Gasteiger partial charge on any atom is -0.467 e. The highest BCUT2D eigenvalue weighted by atomic mass is 32.2. The number of furan rings is 1. The van der Waals surface area contributed by atoms with E-state index in [4.69, 9.17) is 4.42 Å². The van der Waals surface area contributed by atoms with Gasteiger partial charge in [0.15, 0.2) is 4.34 Å². The zero-order valence-electron chi connectivity index (χ0n) is 13.7. The molecule has 1 fully saturated rings. The number of nitrogens with one attached hydrogen (secondary N) is 2. The van der Waals surface area contributed by atoms with E-state index in [0.29, 0.717) is 22.1 Å². The molecule has 8 nitrogen and oxygen atoms in total. The van der Waals surface area contributed by atoms with Crippen LogP contribution in [0.1, 0.15) is 18.6 Å². The summed E-state index contributed by atoms with van der Waals surface area (Å²) in [6.07, 6.45) is 3.69. The normalized spacial score (nSPS) is 13.5. The Bertz CT molecular complexity index is 715. The van der Waals surface area contributed by atoms with Crippen LogP contribution in [0.2, 0.25) is 0 Å². The van der Waals surface area contributed by atoms with Crippen molar-refractivity contribution in [1.82, 2.24) is 20.4 Å². The predicted octanol–water partition coefficient (Wildman–Crippen LogP) is 1.57. The second-order valence-corrected chi connectivity index (χ2v) is 7.89. The number of hydrogen-bond donors (Lipinski definition) is 2. The average Bonchev–Trinajstić information content (AvgIpc) is 3.08. The van der Waals surface area contributed by atoms with Gasteiger partial charge < -0.3 is 20.0 Å². The third-order valence-electron chi connectivity index (χ3n) is 3.47. The van der Waals surface area contributed by atoms with Crippen LogP contribution in [-0.2, 0) is 16.1 Å². The van der Waals surface area contributed by atoms with E-state index in [-0.39, 0.29) is 24.1 Å². The number of thioether (sulfide) groups is 1. The molecule has 0 saturated heterocycles. The molecule has 2 aromatic rings. The van der Waals surface area contributed by atoms with Gasteiger partial charge in [-0.3, -0.25) is 9.59 Å². The number of rotatable bonds is 9. The van der Waals surface area contributed by atoms with Crippen LogP contribution in [0.25, 0.3) is 0 Å². The lowest BCUT2D eigenvalue weighted by Crippen LogP contribution is -2.39. The van der Waals surface area contributed by atoms with E-state index in [1.807, 2.05) is 12.1 Å². The van der Waals surface area contributed by atoms with Crippen LogP contribution >= 0.6 is 23.1 Å². The van der Waals surface area contributed by atoms with Gasteiger partial charge in [-0.2, -0.15) is 0 Å². The summed E-state index contributed by atoms with van der Waals surface area (Å²) in [5, 5.41) is 14.7. The van der Waals surface area contributed by atoms with Gasteiger partial charge in [0, 0.05) is 13.1 Å². The first kappa shape index (κ1) is 17.7. The zero-order valence-corrected chi connectivity index (χ0v) is 15.4. The fourth-order valence-corrected chi connectivity index (χ4v) is 3.64. The molecule has 2 aromatic heterocycles.